The van der Waals surface area contributed by atoms with Crippen molar-refractivity contribution < 1.29 is 4.79 Å². The lowest BCUT2D eigenvalue weighted by atomic mass is 10.1. The van der Waals surface area contributed by atoms with Crippen molar-refractivity contribution in [2.45, 2.75) is 18.9 Å². The minimum atomic E-state index is 0.163. The van der Waals surface area contributed by atoms with Gasteiger partial charge in [-0.2, -0.15) is 0 Å². The van der Waals surface area contributed by atoms with Crippen LogP contribution in [0.1, 0.15) is 22.5 Å². The van der Waals surface area contributed by atoms with Crippen molar-refractivity contribution in [1.29, 1.82) is 0 Å². The second-order valence-corrected chi connectivity index (χ2v) is 5.72. The molecule has 2 heterocycles. The number of amides is 1. The Kier molecular flexibility index (Phi) is 4.00. The predicted molar refractivity (Wildman–Crippen MR) is 70.0 cm³/mol. The van der Waals surface area contributed by atoms with E-state index in [0.29, 0.717) is 6.04 Å². The molecular formula is C11H15BrN2OS. The van der Waals surface area contributed by atoms with Gasteiger partial charge in [0.05, 0.1) is 0 Å². The van der Waals surface area contributed by atoms with Crippen LogP contribution in [0.2, 0.25) is 0 Å². The van der Waals surface area contributed by atoms with E-state index in [-0.39, 0.29) is 5.91 Å². The largest absolute Gasteiger partial charge is 0.338 e. The summed E-state index contributed by atoms with van der Waals surface area (Å²) in [6.07, 6.45) is 2.09. The number of likely N-dealkylation sites (tertiary alicyclic amines) is 1. The molecule has 1 fully saturated rings. The van der Waals surface area contributed by atoms with Gasteiger partial charge in [-0.1, -0.05) is 0 Å². The van der Waals surface area contributed by atoms with Crippen LogP contribution in [0.5, 0.6) is 0 Å². The van der Waals surface area contributed by atoms with Gasteiger partial charge >= 0.3 is 0 Å². The molecular weight excluding hydrogens is 288 g/mol. The molecule has 1 aliphatic rings. The number of carbonyl (C=O) groups excluding carboxylic acids is 1. The van der Waals surface area contributed by atoms with Gasteiger partial charge in [-0.25, -0.2) is 0 Å². The van der Waals surface area contributed by atoms with E-state index in [4.69, 9.17) is 0 Å². The smallest absolute Gasteiger partial charge is 0.265 e. The molecule has 16 heavy (non-hydrogen) atoms. The monoisotopic (exact) mass is 302 g/mol. The lowest BCUT2D eigenvalue weighted by Gasteiger charge is -2.31. The van der Waals surface area contributed by atoms with Crippen molar-refractivity contribution in [2.24, 2.45) is 0 Å². The average molecular weight is 303 g/mol. The minimum absolute atomic E-state index is 0.163. The maximum absolute atomic E-state index is 12.2. The number of hydrogen-bond acceptors (Lipinski definition) is 3. The third-order valence-corrected chi connectivity index (χ3v) is 4.83. The first-order valence-corrected chi connectivity index (χ1v) is 7.09. The first-order chi connectivity index (χ1) is 7.72. The molecule has 0 bridgehead atoms. The van der Waals surface area contributed by atoms with Crippen LogP contribution >= 0.6 is 27.3 Å². The number of piperidine rings is 1. The Labute approximate surface area is 108 Å². The van der Waals surface area contributed by atoms with Crippen molar-refractivity contribution in [3.05, 3.63) is 20.8 Å². The third-order valence-electron chi connectivity index (χ3n) is 3.00. The van der Waals surface area contributed by atoms with Crippen molar-refractivity contribution >= 4 is 33.2 Å². The molecule has 0 aliphatic carbocycles. The summed E-state index contributed by atoms with van der Waals surface area (Å²) in [4.78, 5) is 14.9. The molecule has 0 radical (unpaired) electrons. The van der Waals surface area contributed by atoms with E-state index in [1.54, 1.807) is 0 Å². The standard InChI is InChI=1S/C11H15BrN2OS/c1-13-8-2-5-14(6-3-8)11(15)10-9(12)4-7-16-10/h4,7-8,13H,2-3,5-6H2,1H3. The van der Waals surface area contributed by atoms with E-state index in [0.717, 1.165) is 35.3 Å². The summed E-state index contributed by atoms with van der Waals surface area (Å²) < 4.78 is 0.915. The molecule has 3 nitrogen and oxygen atoms in total. The Morgan fingerprint density at radius 1 is 1.56 bits per heavy atom. The van der Waals surface area contributed by atoms with E-state index in [1.165, 1.54) is 11.3 Å². The minimum Gasteiger partial charge on any atom is -0.338 e. The van der Waals surface area contributed by atoms with E-state index in [1.807, 2.05) is 23.4 Å². The number of halogens is 1. The van der Waals surface area contributed by atoms with E-state index in [9.17, 15) is 4.79 Å². The lowest BCUT2D eigenvalue weighted by molar-refractivity contribution is 0.0711. The van der Waals surface area contributed by atoms with Crippen LogP contribution in [0.25, 0.3) is 0 Å². The van der Waals surface area contributed by atoms with Gasteiger partial charge in [-0.05, 0) is 47.3 Å². The van der Waals surface area contributed by atoms with Gasteiger partial charge in [0.1, 0.15) is 4.88 Å². The summed E-state index contributed by atoms with van der Waals surface area (Å²) in [5.74, 6) is 0.163. The third kappa shape index (κ3) is 2.47. The van der Waals surface area contributed by atoms with Gasteiger partial charge in [-0.15, -0.1) is 11.3 Å². The van der Waals surface area contributed by atoms with Gasteiger partial charge in [0.25, 0.3) is 5.91 Å². The second kappa shape index (κ2) is 5.29. The molecule has 0 saturated carbocycles. The van der Waals surface area contributed by atoms with Crippen molar-refractivity contribution in [3.63, 3.8) is 0 Å². The molecule has 88 valence electrons. The fourth-order valence-electron chi connectivity index (χ4n) is 1.96. The summed E-state index contributed by atoms with van der Waals surface area (Å²) in [7, 11) is 1.98. The quantitative estimate of drug-likeness (QED) is 0.909. The molecule has 0 spiro atoms. The van der Waals surface area contributed by atoms with Crippen LogP contribution in [-0.4, -0.2) is 37.0 Å². The first-order valence-electron chi connectivity index (χ1n) is 5.42. The number of nitrogens with zero attached hydrogens (tertiary/aromatic N) is 1. The highest BCUT2D eigenvalue weighted by Crippen LogP contribution is 2.25. The van der Waals surface area contributed by atoms with Gasteiger partial charge in [-0.3, -0.25) is 4.79 Å². The maximum atomic E-state index is 12.2. The van der Waals surface area contributed by atoms with Gasteiger partial charge in [0.15, 0.2) is 0 Å². The van der Waals surface area contributed by atoms with Gasteiger partial charge < -0.3 is 10.2 Å². The van der Waals surface area contributed by atoms with Crippen molar-refractivity contribution in [3.8, 4) is 0 Å². The Morgan fingerprint density at radius 3 is 2.75 bits per heavy atom. The molecule has 5 heteroatoms. The number of carbonyl (C=O) groups is 1. The fraction of sp³-hybridized carbons (Fsp3) is 0.545. The molecule has 1 amide bonds. The topological polar surface area (TPSA) is 32.3 Å². The number of thiophene rings is 1. The molecule has 1 aromatic rings. The first kappa shape index (κ1) is 12.1. The van der Waals surface area contributed by atoms with Gasteiger partial charge in [0, 0.05) is 23.6 Å². The maximum Gasteiger partial charge on any atom is 0.265 e. The summed E-state index contributed by atoms with van der Waals surface area (Å²) in [5, 5.41) is 5.21. The highest BCUT2D eigenvalue weighted by atomic mass is 79.9. The van der Waals surface area contributed by atoms with Crippen LogP contribution in [0.4, 0.5) is 0 Å². The van der Waals surface area contributed by atoms with E-state index < -0.39 is 0 Å². The lowest BCUT2D eigenvalue weighted by Crippen LogP contribution is -2.43. The summed E-state index contributed by atoms with van der Waals surface area (Å²) >= 11 is 4.91. The van der Waals surface area contributed by atoms with Crippen LogP contribution in [0, 0.1) is 0 Å². The SMILES string of the molecule is CNC1CCN(C(=O)c2sccc2Br)CC1. The second-order valence-electron chi connectivity index (χ2n) is 3.95. The zero-order valence-corrected chi connectivity index (χ0v) is 11.6. The highest BCUT2D eigenvalue weighted by molar-refractivity contribution is 9.10. The Bertz CT molecular complexity index is 372. The van der Waals surface area contributed by atoms with Crippen molar-refractivity contribution in [2.75, 3.05) is 20.1 Å². The normalized spacial score (nSPS) is 17.8. The summed E-state index contributed by atoms with van der Waals surface area (Å²) in [6, 6.07) is 2.49. The Hall–Kier alpha value is -0.390. The zero-order chi connectivity index (χ0) is 11.5. The predicted octanol–water partition coefficient (Wildman–Crippen LogP) is 2.33. The Morgan fingerprint density at radius 2 is 2.25 bits per heavy atom. The fourth-order valence-corrected chi connectivity index (χ4v) is 3.47. The number of rotatable bonds is 2. The van der Waals surface area contributed by atoms with Crippen molar-refractivity contribution in [1.82, 2.24) is 10.2 Å². The van der Waals surface area contributed by atoms with E-state index >= 15 is 0 Å². The zero-order valence-electron chi connectivity index (χ0n) is 9.20. The molecule has 1 aromatic heterocycles. The van der Waals surface area contributed by atoms with E-state index in [2.05, 4.69) is 21.2 Å². The molecule has 0 aromatic carbocycles. The summed E-state index contributed by atoms with van der Waals surface area (Å²) in [6.45, 7) is 1.71. The molecule has 0 unspecified atom stereocenters. The number of nitrogens with one attached hydrogen (secondary N) is 1. The van der Waals surface area contributed by atoms with Crippen LogP contribution in [0.15, 0.2) is 15.9 Å². The molecule has 1 N–H and O–H groups in total. The number of hydrogen-bond donors (Lipinski definition) is 1. The highest BCUT2D eigenvalue weighted by Gasteiger charge is 2.24. The van der Waals surface area contributed by atoms with Crippen LogP contribution < -0.4 is 5.32 Å². The molecule has 0 atom stereocenters. The molecule has 2 rings (SSSR count). The molecule has 1 aliphatic heterocycles. The summed E-state index contributed by atoms with van der Waals surface area (Å²) in [5.41, 5.74) is 0. The van der Waals surface area contributed by atoms with Gasteiger partial charge in [0.2, 0.25) is 0 Å². The Balaban J connectivity index is 2.00. The van der Waals surface area contributed by atoms with Crippen LogP contribution in [-0.2, 0) is 0 Å². The molecule has 1 saturated heterocycles. The van der Waals surface area contributed by atoms with Crippen LogP contribution in [0.3, 0.4) is 0 Å². The average Bonchev–Trinajstić information content (AvgIpc) is 2.75.